The summed E-state index contributed by atoms with van der Waals surface area (Å²) in [6, 6.07) is 4.69. The highest BCUT2D eigenvalue weighted by atomic mass is 19.1. The van der Waals surface area contributed by atoms with Gasteiger partial charge in [-0.05, 0) is 80.9 Å². The second-order valence-electron chi connectivity index (χ2n) is 7.75. The normalized spacial score (nSPS) is 25.1. The van der Waals surface area contributed by atoms with Gasteiger partial charge in [-0.25, -0.2) is 4.39 Å². The fourth-order valence-electron chi connectivity index (χ4n) is 4.70. The van der Waals surface area contributed by atoms with Crippen molar-refractivity contribution in [2.75, 3.05) is 0 Å². The van der Waals surface area contributed by atoms with Crippen molar-refractivity contribution in [2.24, 2.45) is 16.1 Å². The molecule has 1 aromatic rings. The predicted octanol–water partition coefficient (Wildman–Crippen LogP) is 5.41. The van der Waals surface area contributed by atoms with Crippen LogP contribution in [0.3, 0.4) is 0 Å². The lowest BCUT2D eigenvalue weighted by molar-refractivity contribution is -0.127. The number of halogens is 1. The minimum absolute atomic E-state index is 0.104. The molecule has 2 rings (SSSR count). The Hall–Kier alpha value is -2.49. The Morgan fingerprint density at radius 1 is 1.29 bits per heavy atom. The molecule has 1 aliphatic carbocycles. The molecule has 1 aromatic carbocycles. The van der Waals surface area contributed by atoms with E-state index in [0.29, 0.717) is 24.2 Å². The topological polar surface area (TPSA) is 55.4 Å². The zero-order chi connectivity index (χ0) is 21.1. The molecule has 4 heteroatoms. The van der Waals surface area contributed by atoms with Gasteiger partial charge in [0.15, 0.2) is 11.3 Å². The van der Waals surface area contributed by atoms with Gasteiger partial charge in [0.25, 0.3) is 0 Å². The minimum Gasteiger partial charge on any atom is -0.388 e. The Labute approximate surface area is 167 Å². The Balaban J connectivity index is 2.71. The first-order valence-electron chi connectivity index (χ1n) is 9.74. The Kier molecular flexibility index (Phi) is 6.43. The number of nitrogens with zero attached hydrogens (tertiary/aromatic N) is 1. The molecule has 3 nitrogen and oxygen atoms in total. The molecule has 0 aromatic heterocycles. The molecular weight excluding hydrogens is 351 g/mol. The molecular formula is C24H31FN2O. The van der Waals surface area contributed by atoms with Gasteiger partial charge in [-0.1, -0.05) is 38.3 Å². The monoisotopic (exact) mass is 382 g/mol. The summed E-state index contributed by atoms with van der Waals surface area (Å²) in [4.78, 5) is 17.8. The van der Waals surface area contributed by atoms with E-state index in [0.717, 1.165) is 29.6 Å². The van der Waals surface area contributed by atoms with Crippen molar-refractivity contribution in [3.05, 3.63) is 71.6 Å². The highest BCUT2D eigenvalue weighted by Crippen LogP contribution is 2.58. The molecule has 0 spiro atoms. The van der Waals surface area contributed by atoms with Crippen LogP contribution in [0.25, 0.3) is 0 Å². The van der Waals surface area contributed by atoms with E-state index in [1.54, 1.807) is 13.0 Å². The summed E-state index contributed by atoms with van der Waals surface area (Å²) in [6.45, 7) is 15.1. The van der Waals surface area contributed by atoms with Crippen LogP contribution in [0.15, 0.2) is 59.6 Å². The Morgan fingerprint density at radius 2 is 1.96 bits per heavy atom. The van der Waals surface area contributed by atoms with Crippen molar-refractivity contribution in [2.45, 2.75) is 58.9 Å². The molecule has 2 atom stereocenters. The van der Waals surface area contributed by atoms with Gasteiger partial charge < -0.3 is 5.73 Å². The maximum atomic E-state index is 14.2. The molecule has 0 heterocycles. The maximum Gasteiger partial charge on any atom is 0.162 e. The third-order valence-electron chi connectivity index (χ3n) is 6.22. The quantitative estimate of drug-likeness (QED) is 0.371. The van der Waals surface area contributed by atoms with E-state index < -0.39 is 11.0 Å². The Morgan fingerprint density at radius 3 is 2.46 bits per heavy atom. The summed E-state index contributed by atoms with van der Waals surface area (Å²) in [5.41, 5.74) is 8.10. The number of nitrogens with two attached hydrogens (primary N) is 1. The number of carbonyl (C=O) groups excluding carboxylic acids is 1. The average Bonchev–Trinajstić information content (AvgIpc) is 2.92. The minimum atomic E-state index is -1.17. The van der Waals surface area contributed by atoms with Crippen molar-refractivity contribution < 1.29 is 9.18 Å². The van der Waals surface area contributed by atoms with E-state index >= 15 is 0 Å². The molecule has 0 saturated carbocycles. The first-order valence-corrected chi connectivity index (χ1v) is 9.74. The summed E-state index contributed by atoms with van der Waals surface area (Å²) in [7, 11) is 0. The highest BCUT2D eigenvalue weighted by molar-refractivity contribution is 5.93. The summed E-state index contributed by atoms with van der Waals surface area (Å²) in [5, 5.41) is 0. The van der Waals surface area contributed by atoms with Crippen molar-refractivity contribution in [1.29, 1.82) is 0 Å². The smallest absolute Gasteiger partial charge is 0.162 e. The van der Waals surface area contributed by atoms with Gasteiger partial charge in [0, 0.05) is 5.41 Å². The average molecular weight is 383 g/mol. The molecule has 150 valence electrons. The van der Waals surface area contributed by atoms with E-state index in [2.05, 4.69) is 20.1 Å². The van der Waals surface area contributed by atoms with E-state index in [1.807, 2.05) is 19.1 Å². The lowest BCUT2D eigenvalue weighted by atomic mass is 9.63. The number of fused-ring (bicyclic) bond motifs is 1. The second kappa shape index (κ2) is 8.26. The number of ketones is 1. The lowest BCUT2D eigenvalue weighted by Gasteiger charge is -2.42. The van der Waals surface area contributed by atoms with Gasteiger partial charge >= 0.3 is 0 Å². The van der Waals surface area contributed by atoms with Crippen LogP contribution in [0.4, 0.5) is 4.39 Å². The summed E-state index contributed by atoms with van der Waals surface area (Å²) in [6.07, 6.45) is 6.48. The molecule has 0 saturated heterocycles. The number of aliphatic imine (C=N–C) groups is 1. The molecule has 0 fully saturated rings. The van der Waals surface area contributed by atoms with E-state index in [4.69, 9.17) is 10.7 Å². The Bertz CT molecular complexity index is 863. The molecule has 0 radical (unpaired) electrons. The first-order chi connectivity index (χ1) is 13.2. The van der Waals surface area contributed by atoms with Crippen LogP contribution >= 0.6 is 0 Å². The largest absolute Gasteiger partial charge is 0.388 e. The SMILES string of the molecule is C=C/C(C)=C(\C=C)CCC1(CC)Cc2ccc(F)cc2C1(N=C(C)N)C(C)=O. The van der Waals surface area contributed by atoms with Gasteiger partial charge in [0.2, 0.25) is 0 Å². The van der Waals surface area contributed by atoms with Crippen molar-refractivity contribution in [3.63, 3.8) is 0 Å². The van der Waals surface area contributed by atoms with Crippen molar-refractivity contribution in [3.8, 4) is 0 Å². The zero-order valence-electron chi connectivity index (χ0n) is 17.4. The first kappa shape index (κ1) is 21.8. The summed E-state index contributed by atoms with van der Waals surface area (Å²) >= 11 is 0. The number of carbonyl (C=O) groups is 1. The molecule has 0 amide bonds. The number of hydrogen-bond donors (Lipinski definition) is 1. The van der Waals surface area contributed by atoms with Crippen LogP contribution in [0.1, 0.15) is 58.1 Å². The van der Waals surface area contributed by atoms with Gasteiger partial charge in [-0.2, -0.15) is 0 Å². The lowest BCUT2D eigenvalue weighted by Crippen LogP contribution is -2.47. The molecule has 0 bridgehead atoms. The number of rotatable bonds is 8. The zero-order valence-corrected chi connectivity index (χ0v) is 17.4. The highest BCUT2D eigenvalue weighted by Gasteiger charge is 2.59. The van der Waals surface area contributed by atoms with Gasteiger partial charge in [0.05, 0.1) is 5.84 Å². The fraction of sp³-hybridized carbons (Fsp3) is 0.417. The van der Waals surface area contributed by atoms with Gasteiger partial charge in [-0.3, -0.25) is 9.79 Å². The summed E-state index contributed by atoms with van der Waals surface area (Å²) < 4.78 is 14.2. The second-order valence-corrected chi connectivity index (χ2v) is 7.75. The van der Waals surface area contributed by atoms with Gasteiger partial charge in [-0.15, -0.1) is 0 Å². The van der Waals surface area contributed by atoms with E-state index in [-0.39, 0.29) is 11.6 Å². The van der Waals surface area contributed by atoms with Gasteiger partial charge in [0.1, 0.15) is 5.82 Å². The van der Waals surface area contributed by atoms with Crippen LogP contribution in [0.5, 0.6) is 0 Å². The van der Waals surface area contributed by atoms with Crippen molar-refractivity contribution >= 4 is 11.6 Å². The molecule has 2 unspecified atom stereocenters. The standard InChI is InChI=1S/C24H31FN2O/c1-7-16(4)19(8-2)12-13-23(9-3)15-20-10-11-21(25)14-22(20)24(23,17(5)28)27-18(6)26/h7-8,10-11,14H,1-2,9,12-13,15H2,3-6H3,(H2,26,27)/b19-16+. The predicted molar refractivity (Wildman–Crippen MR) is 115 cm³/mol. The number of hydrogen-bond acceptors (Lipinski definition) is 2. The molecule has 2 N–H and O–H groups in total. The third kappa shape index (κ3) is 3.48. The van der Waals surface area contributed by atoms with Crippen molar-refractivity contribution in [1.82, 2.24) is 0 Å². The molecule has 28 heavy (non-hydrogen) atoms. The van der Waals surface area contributed by atoms with Crippen LogP contribution < -0.4 is 5.73 Å². The molecule has 1 aliphatic rings. The number of allylic oxidation sites excluding steroid dienone is 4. The third-order valence-corrected chi connectivity index (χ3v) is 6.22. The molecule has 0 aliphatic heterocycles. The summed E-state index contributed by atoms with van der Waals surface area (Å²) in [5.74, 6) is -0.143. The number of amidine groups is 1. The van der Waals surface area contributed by atoms with E-state index in [9.17, 15) is 9.18 Å². The maximum absolute atomic E-state index is 14.2. The number of Topliss-reactive ketones (excluding diaryl/α,β-unsaturated/α-hetero) is 1. The van der Waals surface area contributed by atoms with Crippen LogP contribution in [0, 0.1) is 11.2 Å². The van der Waals surface area contributed by atoms with Crippen LogP contribution in [-0.4, -0.2) is 11.6 Å². The van der Waals surface area contributed by atoms with Crippen LogP contribution in [-0.2, 0) is 16.8 Å². The number of benzene rings is 1. The fourth-order valence-corrected chi connectivity index (χ4v) is 4.70. The van der Waals surface area contributed by atoms with E-state index in [1.165, 1.54) is 19.1 Å². The van der Waals surface area contributed by atoms with Crippen LogP contribution in [0.2, 0.25) is 0 Å².